The number of aromatic amines is 1. The lowest BCUT2D eigenvalue weighted by atomic mass is 9.77. The highest BCUT2D eigenvalue weighted by Gasteiger charge is 2.36. The number of H-pyrrole nitrogens is 1. The molecule has 1 unspecified atom stereocenters. The maximum Gasteiger partial charge on any atom is 0.407 e. The average Bonchev–Trinajstić information content (AvgIpc) is 3.78. The third-order valence-corrected chi connectivity index (χ3v) is 12.9. The van der Waals surface area contributed by atoms with E-state index in [2.05, 4.69) is 43.0 Å². The Balaban J connectivity index is 1.18. The van der Waals surface area contributed by atoms with Crippen molar-refractivity contribution >= 4 is 23.8 Å². The van der Waals surface area contributed by atoms with Crippen molar-refractivity contribution in [2.24, 2.45) is 11.8 Å². The maximum atomic E-state index is 14.7. The van der Waals surface area contributed by atoms with Crippen LogP contribution in [-0.2, 0) is 38.4 Å². The summed E-state index contributed by atoms with van der Waals surface area (Å²) in [7, 11) is 0. The number of carbonyl (C=O) groups is 4. The van der Waals surface area contributed by atoms with Gasteiger partial charge in [0.05, 0.1) is 18.5 Å². The molecular formula is C48H69N7O7. The molecule has 2 aliphatic carbocycles. The summed E-state index contributed by atoms with van der Waals surface area (Å²) >= 11 is 0. The van der Waals surface area contributed by atoms with E-state index in [1.54, 1.807) is 17.3 Å². The van der Waals surface area contributed by atoms with Crippen LogP contribution in [0.2, 0.25) is 0 Å². The van der Waals surface area contributed by atoms with Gasteiger partial charge in [0.2, 0.25) is 17.7 Å². The van der Waals surface area contributed by atoms with E-state index in [0.717, 1.165) is 57.1 Å². The normalized spacial score (nSPS) is 19.9. The number of aliphatic hydroxyl groups is 2. The lowest BCUT2D eigenvalue weighted by molar-refractivity contribution is -0.138. The number of imidazole rings is 1. The number of benzene rings is 1. The lowest BCUT2D eigenvalue weighted by Crippen LogP contribution is -2.56. The summed E-state index contributed by atoms with van der Waals surface area (Å²) in [4.78, 5) is 69.1. The van der Waals surface area contributed by atoms with Gasteiger partial charge in [0.25, 0.3) is 0 Å². The molecule has 338 valence electrons. The minimum absolute atomic E-state index is 0.0292. The van der Waals surface area contributed by atoms with Crippen molar-refractivity contribution in [3.05, 3.63) is 83.7 Å². The third kappa shape index (κ3) is 14.1. The Morgan fingerprint density at radius 3 is 2.37 bits per heavy atom. The van der Waals surface area contributed by atoms with Gasteiger partial charge in [-0.15, -0.1) is 0 Å². The van der Waals surface area contributed by atoms with Gasteiger partial charge in [-0.1, -0.05) is 62.4 Å². The molecule has 14 nitrogen and oxygen atoms in total. The number of piperidine rings is 1. The molecular weight excluding hydrogens is 787 g/mol. The number of likely N-dealkylation sites (tertiary alicyclic amines) is 1. The molecule has 3 aromatic rings. The van der Waals surface area contributed by atoms with Crippen molar-refractivity contribution in [1.29, 1.82) is 0 Å². The standard InChI is InChI=1S/C48H69N7O7/c1-48(2,3)62-47(61)52-37-21-24-55(25-22-37)43(57)28-35(27-34-16-11-15-33-14-7-8-18-39(33)34)45(59)54-41(29-38-30-49-31-51-38)46(60)53-40(26-32-12-5-4-6-13-32)44(58)42(56)20-19-36-17-9-10-23-50-36/h7-10,14,17-18,23,30-32,34-35,37,40-42,44,56,58H,4-6,11-13,15-16,19-22,24-29H2,1-3H3,(H,49,51)(H,52,61)(H,53,60)(H,54,59)/t34?,35-,40+,41+,42+,44-/m1/s1. The van der Waals surface area contributed by atoms with E-state index in [0.29, 0.717) is 50.9 Å². The molecule has 2 aromatic heterocycles. The Kier molecular flexibility index (Phi) is 16.9. The van der Waals surface area contributed by atoms with Gasteiger partial charge >= 0.3 is 6.09 Å². The quantitative estimate of drug-likeness (QED) is 0.0933. The Labute approximate surface area is 366 Å². The topological polar surface area (TPSA) is 199 Å². The fourth-order valence-electron chi connectivity index (χ4n) is 9.56. The molecule has 62 heavy (non-hydrogen) atoms. The largest absolute Gasteiger partial charge is 0.444 e. The minimum Gasteiger partial charge on any atom is -0.444 e. The van der Waals surface area contributed by atoms with Crippen molar-refractivity contribution in [2.75, 3.05) is 13.1 Å². The van der Waals surface area contributed by atoms with Crippen molar-refractivity contribution in [1.82, 2.24) is 35.8 Å². The Morgan fingerprint density at radius 2 is 1.66 bits per heavy atom. The van der Waals surface area contributed by atoms with E-state index in [9.17, 15) is 29.4 Å². The molecule has 0 radical (unpaired) electrons. The van der Waals surface area contributed by atoms with Gasteiger partial charge in [0.15, 0.2) is 0 Å². The Morgan fingerprint density at radius 1 is 0.903 bits per heavy atom. The summed E-state index contributed by atoms with van der Waals surface area (Å²) in [6, 6.07) is 12.0. The summed E-state index contributed by atoms with van der Waals surface area (Å²) in [5, 5.41) is 32.1. The van der Waals surface area contributed by atoms with E-state index >= 15 is 0 Å². The van der Waals surface area contributed by atoms with Crippen LogP contribution in [0, 0.1) is 11.8 Å². The molecule has 1 saturated carbocycles. The van der Waals surface area contributed by atoms with Gasteiger partial charge in [-0.25, -0.2) is 9.78 Å². The number of aryl methyl sites for hydroxylation is 2. The number of nitrogens with zero attached hydrogens (tertiary/aromatic N) is 3. The first-order chi connectivity index (χ1) is 29.8. The van der Waals surface area contributed by atoms with Gasteiger partial charge in [-0.3, -0.25) is 19.4 Å². The molecule has 1 saturated heterocycles. The number of fused-ring (bicyclic) bond motifs is 1. The van der Waals surface area contributed by atoms with Crippen LogP contribution in [0.3, 0.4) is 0 Å². The lowest BCUT2D eigenvalue weighted by Gasteiger charge is -2.35. The highest BCUT2D eigenvalue weighted by molar-refractivity contribution is 5.91. The number of ether oxygens (including phenoxy) is 1. The molecule has 2 fully saturated rings. The first-order valence-corrected chi connectivity index (χ1v) is 23.0. The van der Waals surface area contributed by atoms with Crippen LogP contribution >= 0.6 is 0 Å². The van der Waals surface area contributed by atoms with Crippen molar-refractivity contribution in [2.45, 2.75) is 165 Å². The predicted octanol–water partition coefficient (Wildman–Crippen LogP) is 5.67. The van der Waals surface area contributed by atoms with Crippen LogP contribution in [0.1, 0.15) is 133 Å². The summed E-state index contributed by atoms with van der Waals surface area (Å²) in [6.45, 7) is 6.32. The van der Waals surface area contributed by atoms with Gasteiger partial charge in [0, 0.05) is 61.7 Å². The van der Waals surface area contributed by atoms with Gasteiger partial charge in [-0.05, 0) is 114 Å². The Bertz CT molecular complexity index is 1870. The highest BCUT2D eigenvalue weighted by Crippen LogP contribution is 2.37. The zero-order chi connectivity index (χ0) is 44.1. The number of aliphatic hydroxyl groups excluding tert-OH is 2. The summed E-state index contributed by atoms with van der Waals surface area (Å²) in [6.07, 6.45) is 13.0. The third-order valence-electron chi connectivity index (χ3n) is 12.9. The number of hydrogen-bond donors (Lipinski definition) is 6. The van der Waals surface area contributed by atoms with Crippen molar-refractivity contribution in [3.8, 4) is 0 Å². The average molecular weight is 856 g/mol. The Hall–Kier alpha value is -4.82. The fraction of sp³-hybridized carbons (Fsp3) is 0.625. The second-order valence-electron chi connectivity index (χ2n) is 18.8. The molecule has 1 aliphatic heterocycles. The van der Waals surface area contributed by atoms with Crippen LogP contribution in [0.25, 0.3) is 0 Å². The number of nitrogens with one attached hydrogen (secondary N) is 4. The van der Waals surface area contributed by atoms with Gasteiger partial charge in [0.1, 0.15) is 17.7 Å². The predicted molar refractivity (Wildman–Crippen MR) is 236 cm³/mol. The number of carbonyl (C=O) groups excluding carboxylic acids is 4. The number of alkyl carbamates (subject to hydrolysis) is 1. The highest BCUT2D eigenvalue weighted by atomic mass is 16.6. The van der Waals surface area contributed by atoms with Crippen molar-refractivity contribution in [3.63, 3.8) is 0 Å². The molecule has 1 aromatic carbocycles. The molecule has 3 aliphatic rings. The van der Waals surface area contributed by atoms with Gasteiger partial charge in [-0.2, -0.15) is 0 Å². The van der Waals surface area contributed by atoms with Crippen molar-refractivity contribution < 1.29 is 34.1 Å². The van der Waals surface area contributed by atoms with E-state index in [-0.39, 0.29) is 49.0 Å². The minimum atomic E-state index is -1.24. The van der Waals surface area contributed by atoms with Gasteiger partial charge < -0.3 is 40.8 Å². The molecule has 6 N–H and O–H groups in total. The molecule has 0 bridgehead atoms. The van der Waals surface area contributed by atoms with Crippen LogP contribution in [-0.4, -0.2) is 103 Å². The van der Waals surface area contributed by atoms with E-state index < -0.39 is 47.8 Å². The second kappa shape index (κ2) is 22.5. The van der Waals surface area contributed by atoms with E-state index in [1.807, 2.05) is 51.1 Å². The first-order valence-electron chi connectivity index (χ1n) is 23.0. The van der Waals surface area contributed by atoms with Crippen LogP contribution in [0.4, 0.5) is 4.79 Å². The molecule has 6 atom stereocenters. The number of amides is 4. The molecule has 14 heteroatoms. The zero-order valence-corrected chi connectivity index (χ0v) is 36.9. The maximum absolute atomic E-state index is 14.7. The molecule has 6 rings (SSSR count). The van der Waals surface area contributed by atoms with Crippen LogP contribution < -0.4 is 16.0 Å². The molecule has 3 heterocycles. The number of rotatable bonds is 18. The summed E-state index contributed by atoms with van der Waals surface area (Å²) < 4.78 is 5.44. The number of hydrogen-bond acceptors (Lipinski definition) is 9. The zero-order valence-electron chi connectivity index (χ0n) is 36.9. The second-order valence-corrected chi connectivity index (χ2v) is 18.8. The fourth-order valence-corrected chi connectivity index (χ4v) is 9.56. The van der Waals surface area contributed by atoms with E-state index in [4.69, 9.17) is 4.74 Å². The van der Waals surface area contributed by atoms with Crippen LogP contribution in [0.15, 0.2) is 61.2 Å². The van der Waals surface area contributed by atoms with Crippen LogP contribution in [0.5, 0.6) is 0 Å². The molecule has 4 amide bonds. The SMILES string of the molecule is CC(C)(C)OC(=O)NC1CCN(C(=O)C[C@@H](CC2CCCc3ccccc32)C(=O)N[C@@H](Cc2cnc[nH]2)C(=O)N[C@@H](CC2CCCCC2)[C@@H](O)[C@@H](O)CCc2ccccn2)CC1. The van der Waals surface area contributed by atoms with E-state index in [1.165, 1.54) is 17.5 Å². The molecule has 0 spiro atoms. The number of aromatic nitrogens is 3. The summed E-state index contributed by atoms with van der Waals surface area (Å²) in [5.41, 5.74) is 3.29. The smallest absolute Gasteiger partial charge is 0.407 e. The first kappa shape index (κ1) is 46.7. The summed E-state index contributed by atoms with van der Waals surface area (Å²) in [5.74, 6) is -1.39. The number of pyridine rings is 1. The monoisotopic (exact) mass is 856 g/mol.